The van der Waals surface area contributed by atoms with Crippen LogP contribution in [-0.2, 0) is 4.79 Å². The van der Waals surface area contributed by atoms with Crippen molar-refractivity contribution in [1.82, 2.24) is 0 Å². The maximum absolute atomic E-state index is 11.5. The van der Waals surface area contributed by atoms with Crippen molar-refractivity contribution in [1.29, 1.82) is 0 Å². The van der Waals surface area contributed by atoms with Gasteiger partial charge in [-0.25, -0.2) is 0 Å². The van der Waals surface area contributed by atoms with Gasteiger partial charge in [-0.3, -0.25) is 4.79 Å². The van der Waals surface area contributed by atoms with E-state index in [1.165, 1.54) is 31.2 Å². The first-order chi connectivity index (χ1) is 9.60. The van der Waals surface area contributed by atoms with Crippen molar-refractivity contribution in [3.63, 3.8) is 0 Å². The topological polar surface area (TPSA) is 41.1 Å². The predicted octanol–water partition coefficient (Wildman–Crippen LogP) is 4.33. The van der Waals surface area contributed by atoms with Gasteiger partial charge in [0.15, 0.2) is 0 Å². The van der Waals surface area contributed by atoms with E-state index in [-0.39, 0.29) is 5.91 Å². The molecule has 0 aromatic heterocycles. The normalized spacial score (nSPS) is 16.9. The van der Waals surface area contributed by atoms with E-state index in [1.54, 1.807) is 0 Å². The number of hydrogen-bond acceptors (Lipinski definition) is 2. The number of carbonyl (C=O) groups excluding carboxylic acids is 1. The molecule has 1 aliphatic carbocycles. The Bertz CT molecular complexity index is 464. The maximum atomic E-state index is 11.5. The fourth-order valence-electron chi connectivity index (χ4n) is 2.93. The summed E-state index contributed by atoms with van der Waals surface area (Å²) in [5.74, 6) is 0.840. The number of carbonyl (C=O) groups is 1. The molecule has 1 fully saturated rings. The Hall–Kier alpha value is -1.51. The van der Waals surface area contributed by atoms with Crippen molar-refractivity contribution in [2.24, 2.45) is 5.92 Å². The van der Waals surface area contributed by atoms with E-state index < -0.39 is 0 Å². The molecule has 1 unspecified atom stereocenters. The van der Waals surface area contributed by atoms with Crippen LogP contribution in [0.3, 0.4) is 0 Å². The highest BCUT2D eigenvalue weighted by Crippen LogP contribution is 2.30. The summed E-state index contributed by atoms with van der Waals surface area (Å²) in [4.78, 5) is 11.5. The molecule has 1 aromatic rings. The first-order valence-corrected chi connectivity index (χ1v) is 7.77. The van der Waals surface area contributed by atoms with E-state index in [0.717, 1.165) is 17.3 Å². The Labute approximate surface area is 122 Å². The van der Waals surface area contributed by atoms with Crippen LogP contribution in [0.25, 0.3) is 0 Å². The first-order valence-electron chi connectivity index (χ1n) is 7.77. The average Bonchev–Trinajstić information content (AvgIpc) is 2.96. The van der Waals surface area contributed by atoms with E-state index in [2.05, 4.69) is 30.5 Å². The molecule has 0 bridgehead atoms. The predicted molar refractivity (Wildman–Crippen MR) is 85.1 cm³/mol. The van der Waals surface area contributed by atoms with E-state index in [0.29, 0.717) is 12.5 Å². The Morgan fingerprint density at radius 1 is 1.35 bits per heavy atom. The summed E-state index contributed by atoms with van der Waals surface area (Å²) >= 11 is 0. The van der Waals surface area contributed by atoms with Crippen LogP contribution in [-0.4, -0.2) is 11.9 Å². The van der Waals surface area contributed by atoms with Gasteiger partial charge in [-0.2, -0.15) is 0 Å². The lowest BCUT2D eigenvalue weighted by Crippen LogP contribution is -2.24. The van der Waals surface area contributed by atoms with Gasteiger partial charge >= 0.3 is 0 Å². The molecule has 1 aromatic carbocycles. The highest BCUT2D eigenvalue weighted by molar-refractivity contribution is 5.91. The maximum Gasteiger partial charge on any atom is 0.224 e. The van der Waals surface area contributed by atoms with Crippen LogP contribution in [0.2, 0.25) is 0 Å². The van der Waals surface area contributed by atoms with Crippen LogP contribution in [0, 0.1) is 12.8 Å². The van der Waals surface area contributed by atoms with E-state index in [4.69, 9.17) is 0 Å². The minimum absolute atomic E-state index is 0.0589. The molecule has 0 heterocycles. The molecule has 0 radical (unpaired) electrons. The van der Waals surface area contributed by atoms with Crippen molar-refractivity contribution in [2.45, 2.75) is 58.9 Å². The van der Waals surface area contributed by atoms with Gasteiger partial charge in [0.25, 0.3) is 0 Å². The number of benzene rings is 1. The number of nitrogens with one attached hydrogen (secondary N) is 2. The summed E-state index contributed by atoms with van der Waals surface area (Å²) in [6.45, 7) is 6.24. The van der Waals surface area contributed by atoms with Gasteiger partial charge in [-0.1, -0.05) is 25.8 Å². The molecule has 2 N–H and O–H groups in total. The van der Waals surface area contributed by atoms with Crippen LogP contribution >= 0.6 is 0 Å². The second kappa shape index (κ2) is 6.78. The Kier molecular flexibility index (Phi) is 5.05. The zero-order chi connectivity index (χ0) is 14.5. The monoisotopic (exact) mass is 274 g/mol. The molecule has 1 amide bonds. The fraction of sp³-hybridized carbons (Fsp3) is 0.588. The minimum atomic E-state index is 0.0589. The van der Waals surface area contributed by atoms with Crippen molar-refractivity contribution in [3.05, 3.63) is 23.8 Å². The molecule has 110 valence electrons. The average molecular weight is 274 g/mol. The highest BCUT2D eigenvalue weighted by Gasteiger charge is 2.21. The molecule has 3 nitrogen and oxygen atoms in total. The quantitative estimate of drug-likeness (QED) is 0.839. The van der Waals surface area contributed by atoms with Gasteiger partial charge in [0.2, 0.25) is 5.91 Å². The molecule has 0 saturated heterocycles. The number of rotatable bonds is 5. The van der Waals surface area contributed by atoms with Crippen LogP contribution in [0.15, 0.2) is 18.2 Å². The molecule has 1 saturated carbocycles. The largest absolute Gasteiger partial charge is 0.382 e. The molecule has 0 spiro atoms. The van der Waals surface area contributed by atoms with Crippen molar-refractivity contribution < 1.29 is 4.79 Å². The Balaban J connectivity index is 2.05. The first kappa shape index (κ1) is 14.9. The summed E-state index contributed by atoms with van der Waals surface area (Å²) in [5, 5.41) is 6.56. The van der Waals surface area contributed by atoms with Crippen LogP contribution < -0.4 is 10.6 Å². The molecule has 3 heteroatoms. The lowest BCUT2D eigenvalue weighted by Gasteiger charge is -2.23. The lowest BCUT2D eigenvalue weighted by molar-refractivity contribution is -0.115. The smallest absolute Gasteiger partial charge is 0.224 e. The molecule has 2 rings (SSSR count). The highest BCUT2D eigenvalue weighted by atomic mass is 16.1. The van der Waals surface area contributed by atoms with Crippen LogP contribution in [0.1, 0.15) is 51.5 Å². The SMILES string of the molecule is CCC(=O)Nc1ccc(C)c(NC(C)C2CCCC2)c1. The molecule has 0 aliphatic heterocycles. The molecule has 1 aliphatic rings. The second-order valence-electron chi connectivity index (χ2n) is 5.91. The van der Waals surface area contributed by atoms with E-state index in [9.17, 15) is 4.79 Å². The molecular formula is C17H26N2O. The van der Waals surface area contributed by atoms with Crippen LogP contribution in [0.4, 0.5) is 11.4 Å². The fourth-order valence-corrected chi connectivity index (χ4v) is 2.93. The third kappa shape index (κ3) is 3.75. The molecular weight excluding hydrogens is 248 g/mol. The summed E-state index contributed by atoms with van der Waals surface area (Å²) in [6, 6.07) is 6.57. The third-order valence-corrected chi connectivity index (χ3v) is 4.33. The summed E-state index contributed by atoms with van der Waals surface area (Å²) in [6.07, 6.45) is 5.90. The van der Waals surface area contributed by atoms with Gasteiger partial charge in [0.1, 0.15) is 0 Å². The van der Waals surface area contributed by atoms with E-state index >= 15 is 0 Å². The number of amides is 1. The number of hydrogen-bond donors (Lipinski definition) is 2. The summed E-state index contributed by atoms with van der Waals surface area (Å²) in [5.41, 5.74) is 3.24. The zero-order valence-electron chi connectivity index (χ0n) is 12.8. The van der Waals surface area contributed by atoms with Gasteiger partial charge in [-0.15, -0.1) is 0 Å². The number of aryl methyl sites for hydroxylation is 1. The zero-order valence-corrected chi connectivity index (χ0v) is 12.8. The van der Waals surface area contributed by atoms with Gasteiger partial charge in [0, 0.05) is 23.8 Å². The van der Waals surface area contributed by atoms with Gasteiger partial charge in [0.05, 0.1) is 0 Å². The van der Waals surface area contributed by atoms with E-state index in [1.807, 2.05) is 19.1 Å². The summed E-state index contributed by atoms with van der Waals surface area (Å²) in [7, 11) is 0. The van der Waals surface area contributed by atoms with Crippen molar-refractivity contribution in [3.8, 4) is 0 Å². The van der Waals surface area contributed by atoms with Crippen molar-refractivity contribution >= 4 is 17.3 Å². The Morgan fingerprint density at radius 3 is 2.70 bits per heavy atom. The Morgan fingerprint density at radius 2 is 2.05 bits per heavy atom. The lowest BCUT2D eigenvalue weighted by atomic mass is 9.99. The van der Waals surface area contributed by atoms with Gasteiger partial charge in [-0.05, 0) is 50.3 Å². The molecule has 20 heavy (non-hydrogen) atoms. The number of anilines is 2. The van der Waals surface area contributed by atoms with Gasteiger partial charge < -0.3 is 10.6 Å². The van der Waals surface area contributed by atoms with Crippen LogP contribution in [0.5, 0.6) is 0 Å². The molecule has 1 atom stereocenters. The van der Waals surface area contributed by atoms with Crippen molar-refractivity contribution in [2.75, 3.05) is 10.6 Å². The second-order valence-corrected chi connectivity index (χ2v) is 5.91. The summed E-state index contributed by atoms with van der Waals surface area (Å²) < 4.78 is 0. The minimum Gasteiger partial charge on any atom is -0.382 e. The standard InChI is InChI=1S/C17H26N2O/c1-4-17(20)19-15-10-9-12(2)16(11-15)18-13(3)14-7-5-6-8-14/h9-11,13-14,18H,4-8H2,1-3H3,(H,19,20). The third-order valence-electron chi connectivity index (χ3n) is 4.33.